The quantitative estimate of drug-likeness (QED) is 0.619. The van der Waals surface area contributed by atoms with Crippen molar-refractivity contribution in [2.75, 3.05) is 12.3 Å². The molecule has 0 N–H and O–H groups in total. The first-order valence-electron chi connectivity index (χ1n) is 6.75. The van der Waals surface area contributed by atoms with Gasteiger partial charge < -0.3 is 0 Å². The molecule has 1 heterocycles. The van der Waals surface area contributed by atoms with Crippen molar-refractivity contribution in [2.45, 2.75) is 38.7 Å². The van der Waals surface area contributed by atoms with Crippen molar-refractivity contribution in [3.05, 3.63) is 35.4 Å². The monoisotopic (exact) mass is 297 g/mol. The number of benzene rings is 1. The number of rotatable bonds is 5. The number of nitrogens with zero attached hydrogens (tertiary/aromatic N) is 1. The zero-order valence-corrected chi connectivity index (χ0v) is 14.0. The summed E-state index contributed by atoms with van der Waals surface area (Å²) in [4.78, 5) is 0. The first-order chi connectivity index (χ1) is 8.69. The van der Waals surface area contributed by atoms with Crippen LogP contribution in [0.3, 0.4) is 0 Å². The van der Waals surface area contributed by atoms with Gasteiger partial charge in [-0.15, -0.1) is 0 Å². The van der Waals surface area contributed by atoms with Crippen LogP contribution in [0.2, 0.25) is 25.7 Å². The molecule has 2 atom stereocenters. The standard InChI is InChI=1S/C14H23NO2SSi/c1-12-5-7-13(8-6-12)14-11-15(14)18(16,17)9-10-19(2,3)4/h5-8,14H,9-11H2,1-4H3/t14-,15?/m1/s1. The third-order valence-corrected chi connectivity index (χ3v) is 7.45. The van der Waals surface area contributed by atoms with Crippen LogP contribution in [0.25, 0.3) is 0 Å². The van der Waals surface area contributed by atoms with Crippen molar-refractivity contribution >= 4 is 18.1 Å². The summed E-state index contributed by atoms with van der Waals surface area (Å²) in [5.74, 6) is 0.311. The lowest BCUT2D eigenvalue weighted by atomic mass is 10.1. The van der Waals surface area contributed by atoms with Gasteiger partial charge in [-0.1, -0.05) is 49.5 Å². The Bertz CT molecular complexity index is 546. The van der Waals surface area contributed by atoms with Crippen LogP contribution in [0.5, 0.6) is 0 Å². The highest BCUT2D eigenvalue weighted by molar-refractivity contribution is 7.89. The zero-order chi connectivity index (χ0) is 14.3. The molecule has 0 saturated carbocycles. The smallest absolute Gasteiger partial charge is 0.212 e. The summed E-state index contributed by atoms with van der Waals surface area (Å²) in [6.07, 6.45) is 0. The molecule has 0 bridgehead atoms. The molecule has 2 rings (SSSR count). The molecule has 1 aliphatic heterocycles. The van der Waals surface area contributed by atoms with Crippen LogP contribution < -0.4 is 0 Å². The summed E-state index contributed by atoms with van der Waals surface area (Å²) in [6, 6.07) is 9.07. The molecule has 1 aliphatic rings. The summed E-state index contributed by atoms with van der Waals surface area (Å²) in [5, 5.41) is 0. The normalized spacial score (nSPS) is 23.4. The second-order valence-electron chi connectivity index (χ2n) is 6.62. The second-order valence-corrected chi connectivity index (χ2v) is 14.3. The van der Waals surface area contributed by atoms with E-state index in [1.54, 1.807) is 4.31 Å². The summed E-state index contributed by atoms with van der Waals surface area (Å²) >= 11 is 0. The van der Waals surface area contributed by atoms with Crippen molar-refractivity contribution in [1.82, 2.24) is 4.31 Å². The van der Waals surface area contributed by atoms with Gasteiger partial charge in [-0.2, -0.15) is 4.31 Å². The van der Waals surface area contributed by atoms with Gasteiger partial charge in [-0.25, -0.2) is 8.42 Å². The molecule has 1 unspecified atom stereocenters. The first kappa shape index (κ1) is 14.7. The minimum atomic E-state index is -3.06. The molecule has 19 heavy (non-hydrogen) atoms. The van der Waals surface area contributed by atoms with E-state index in [0.29, 0.717) is 12.3 Å². The SMILES string of the molecule is Cc1ccc([C@H]2CN2S(=O)(=O)CC[Si](C)(C)C)cc1. The summed E-state index contributed by atoms with van der Waals surface area (Å²) in [7, 11) is -4.36. The maximum atomic E-state index is 12.2. The molecule has 0 spiro atoms. The van der Waals surface area contributed by atoms with Crippen LogP contribution in [0, 0.1) is 6.92 Å². The first-order valence-corrected chi connectivity index (χ1v) is 12.1. The zero-order valence-electron chi connectivity index (χ0n) is 12.2. The van der Waals surface area contributed by atoms with Gasteiger partial charge >= 0.3 is 0 Å². The minimum absolute atomic E-state index is 0.0761. The Morgan fingerprint density at radius 2 is 1.79 bits per heavy atom. The average molecular weight is 297 g/mol. The van der Waals surface area contributed by atoms with Crippen LogP contribution in [0.15, 0.2) is 24.3 Å². The predicted molar refractivity (Wildman–Crippen MR) is 82.6 cm³/mol. The van der Waals surface area contributed by atoms with Crippen molar-refractivity contribution in [3.63, 3.8) is 0 Å². The Morgan fingerprint density at radius 3 is 2.32 bits per heavy atom. The van der Waals surface area contributed by atoms with Crippen molar-refractivity contribution in [3.8, 4) is 0 Å². The van der Waals surface area contributed by atoms with Crippen LogP contribution >= 0.6 is 0 Å². The Kier molecular flexibility index (Phi) is 3.91. The Hall–Kier alpha value is -0.653. The minimum Gasteiger partial charge on any atom is -0.212 e. The van der Waals surface area contributed by atoms with Gasteiger partial charge in [0.05, 0.1) is 11.8 Å². The van der Waals surface area contributed by atoms with Gasteiger partial charge in [-0.05, 0) is 18.5 Å². The molecular weight excluding hydrogens is 274 g/mol. The third-order valence-electron chi connectivity index (χ3n) is 3.50. The molecule has 0 radical (unpaired) electrons. The molecule has 1 saturated heterocycles. The molecule has 5 heteroatoms. The second kappa shape index (κ2) is 5.03. The Balaban J connectivity index is 2.00. The molecule has 3 nitrogen and oxygen atoms in total. The van der Waals surface area contributed by atoms with Crippen molar-refractivity contribution in [1.29, 1.82) is 0 Å². The van der Waals surface area contributed by atoms with E-state index in [2.05, 4.69) is 19.6 Å². The molecule has 0 aliphatic carbocycles. The maximum absolute atomic E-state index is 12.2. The topological polar surface area (TPSA) is 37.1 Å². The molecule has 1 aromatic carbocycles. The van der Waals surface area contributed by atoms with E-state index in [9.17, 15) is 8.42 Å². The highest BCUT2D eigenvalue weighted by Gasteiger charge is 2.44. The summed E-state index contributed by atoms with van der Waals surface area (Å²) in [6.45, 7) is 9.32. The molecule has 1 aromatic rings. The lowest BCUT2D eigenvalue weighted by Crippen LogP contribution is -2.26. The predicted octanol–water partition coefficient (Wildman–Crippen LogP) is 3.02. The average Bonchev–Trinajstić information content (AvgIpc) is 3.07. The van der Waals surface area contributed by atoms with Crippen molar-refractivity contribution < 1.29 is 8.42 Å². The van der Waals surface area contributed by atoms with E-state index in [1.807, 2.05) is 31.2 Å². The van der Waals surface area contributed by atoms with Gasteiger partial charge in [0.25, 0.3) is 0 Å². The third kappa shape index (κ3) is 3.90. The molecule has 0 amide bonds. The van der Waals surface area contributed by atoms with E-state index in [4.69, 9.17) is 0 Å². The van der Waals surface area contributed by atoms with Crippen LogP contribution in [0.4, 0.5) is 0 Å². The van der Waals surface area contributed by atoms with Gasteiger partial charge in [0.2, 0.25) is 10.0 Å². The van der Waals surface area contributed by atoms with Crippen LogP contribution in [0.1, 0.15) is 17.2 Å². The molecule has 106 valence electrons. The van der Waals surface area contributed by atoms with Crippen LogP contribution in [-0.4, -0.2) is 33.1 Å². The fourth-order valence-electron chi connectivity index (χ4n) is 2.04. The Morgan fingerprint density at radius 1 is 1.21 bits per heavy atom. The lowest BCUT2D eigenvalue weighted by Gasteiger charge is -2.15. The fraction of sp³-hybridized carbons (Fsp3) is 0.571. The number of aryl methyl sites for hydroxylation is 1. The highest BCUT2D eigenvalue weighted by Crippen LogP contribution is 2.38. The number of sulfonamides is 1. The molecule has 1 fully saturated rings. The largest absolute Gasteiger partial charge is 0.214 e. The van der Waals surface area contributed by atoms with Crippen molar-refractivity contribution in [2.24, 2.45) is 0 Å². The fourth-order valence-corrected chi connectivity index (χ4v) is 6.64. The van der Waals surface area contributed by atoms with E-state index < -0.39 is 18.1 Å². The van der Waals surface area contributed by atoms with Gasteiger partial charge in [0.15, 0.2) is 0 Å². The molecular formula is C14H23NO2SSi. The lowest BCUT2D eigenvalue weighted by molar-refractivity contribution is 0.555. The Labute approximate surface area is 117 Å². The summed E-state index contributed by atoms with van der Waals surface area (Å²) in [5.41, 5.74) is 2.32. The van der Waals surface area contributed by atoms with Gasteiger partial charge in [0.1, 0.15) is 0 Å². The van der Waals surface area contributed by atoms with Crippen LogP contribution in [-0.2, 0) is 10.0 Å². The van der Waals surface area contributed by atoms with E-state index in [1.165, 1.54) is 5.56 Å². The highest BCUT2D eigenvalue weighted by atomic mass is 32.2. The van der Waals surface area contributed by atoms with E-state index in [0.717, 1.165) is 11.6 Å². The molecule has 0 aromatic heterocycles. The summed E-state index contributed by atoms with van der Waals surface area (Å²) < 4.78 is 26.1. The number of hydrogen-bond donors (Lipinski definition) is 0. The van der Waals surface area contributed by atoms with E-state index >= 15 is 0 Å². The van der Waals surface area contributed by atoms with Gasteiger partial charge in [-0.3, -0.25) is 0 Å². The van der Waals surface area contributed by atoms with E-state index in [-0.39, 0.29) is 6.04 Å². The number of hydrogen-bond acceptors (Lipinski definition) is 2. The maximum Gasteiger partial charge on any atom is 0.214 e. The van der Waals surface area contributed by atoms with Gasteiger partial charge in [0, 0.05) is 14.6 Å².